The Balaban J connectivity index is 3.00. The van der Waals surface area contributed by atoms with E-state index in [2.05, 4.69) is 4.74 Å². The molecule has 0 saturated heterocycles. The van der Waals surface area contributed by atoms with Gasteiger partial charge in [0.15, 0.2) is 0 Å². The number of halogens is 3. The van der Waals surface area contributed by atoms with Gasteiger partial charge < -0.3 is 4.74 Å². The van der Waals surface area contributed by atoms with Crippen LogP contribution in [0.1, 0.15) is 25.7 Å². The van der Waals surface area contributed by atoms with Crippen molar-refractivity contribution in [2.75, 3.05) is 13.7 Å². The smallest absolute Gasteiger partial charge is 0.468 e. The van der Waals surface area contributed by atoms with Crippen molar-refractivity contribution in [1.82, 2.24) is 4.31 Å². The summed E-state index contributed by atoms with van der Waals surface area (Å²) >= 11 is 0. The van der Waals surface area contributed by atoms with Gasteiger partial charge in [-0.05, 0) is 12.8 Å². The lowest BCUT2D eigenvalue weighted by atomic mass is 10.2. The van der Waals surface area contributed by atoms with E-state index < -0.39 is 34.1 Å². The Kier molecular flexibility index (Phi) is 4.60. The highest BCUT2D eigenvalue weighted by molar-refractivity contribution is 7.90. The Bertz CT molecular complexity index is 401. The van der Waals surface area contributed by atoms with E-state index in [1.54, 1.807) is 0 Å². The molecule has 0 aliphatic heterocycles. The fraction of sp³-hybridized carbons (Fsp3) is 0.889. The molecule has 0 heterocycles. The highest BCUT2D eigenvalue weighted by Gasteiger charge is 2.52. The van der Waals surface area contributed by atoms with Crippen molar-refractivity contribution in [3.05, 3.63) is 0 Å². The van der Waals surface area contributed by atoms with Crippen LogP contribution in [0.4, 0.5) is 13.2 Å². The lowest BCUT2D eigenvalue weighted by Crippen LogP contribution is -2.48. The number of nitrogens with zero attached hydrogens (tertiary/aromatic N) is 1. The second kappa shape index (κ2) is 5.43. The number of rotatable bonds is 4. The molecule has 0 spiro atoms. The first-order chi connectivity index (χ1) is 8.20. The molecule has 5 nitrogen and oxygen atoms in total. The molecule has 0 aromatic heterocycles. The normalized spacial score (nSPS) is 18.3. The first kappa shape index (κ1) is 15.2. The van der Waals surface area contributed by atoms with E-state index in [1.807, 2.05) is 0 Å². The summed E-state index contributed by atoms with van der Waals surface area (Å²) in [4.78, 5) is 11.1. The highest BCUT2D eigenvalue weighted by Crippen LogP contribution is 2.33. The van der Waals surface area contributed by atoms with E-state index in [-0.39, 0.29) is 4.31 Å². The largest absolute Gasteiger partial charge is 0.511 e. The first-order valence-electron chi connectivity index (χ1n) is 5.35. The van der Waals surface area contributed by atoms with Gasteiger partial charge in [-0.1, -0.05) is 12.8 Å². The van der Waals surface area contributed by atoms with Gasteiger partial charge in [-0.15, -0.1) is 0 Å². The summed E-state index contributed by atoms with van der Waals surface area (Å²) < 4.78 is 64.7. The number of methoxy groups -OCH3 is 1. The number of esters is 1. The summed E-state index contributed by atoms with van der Waals surface area (Å²) in [6.45, 7) is -0.900. The maximum absolute atomic E-state index is 12.5. The molecule has 18 heavy (non-hydrogen) atoms. The number of carbonyl (C=O) groups excluding carboxylic acids is 1. The molecule has 0 unspecified atom stereocenters. The molecule has 0 atom stereocenters. The van der Waals surface area contributed by atoms with Crippen molar-refractivity contribution in [3.63, 3.8) is 0 Å². The molecule has 1 fully saturated rings. The first-order valence-corrected chi connectivity index (χ1v) is 6.79. The zero-order valence-electron chi connectivity index (χ0n) is 9.74. The maximum atomic E-state index is 12.5. The van der Waals surface area contributed by atoms with Gasteiger partial charge in [-0.3, -0.25) is 4.79 Å². The van der Waals surface area contributed by atoms with E-state index in [4.69, 9.17) is 0 Å². The number of carbonyl (C=O) groups is 1. The van der Waals surface area contributed by atoms with E-state index in [0.717, 1.165) is 7.11 Å². The standard InChI is InChI=1S/C9H14F3NO4S/c1-17-8(14)6-13(7-4-2-3-5-7)18(15,16)9(10,11)12/h7H,2-6H2,1H3. The number of sulfonamides is 1. The van der Waals surface area contributed by atoms with Gasteiger partial charge in [0, 0.05) is 6.04 Å². The predicted octanol–water partition coefficient (Wildman–Crippen LogP) is 1.25. The molecule has 106 valence electrons. The van der Waals surface area contributed by atoms with Crippen LogP contribution in [-0.2, 0) is 19.6 Å². The summed E-state index contributed by atoms with van der Waals surface area (Å²) in [6.07, 6.45) is 1.95. The van der Waals surface area contributed by atoms with Crippen LogP contribution in [0.2, 0.25) is 0 Å². The van der Waals surface area contributed by atoms with Crippen molar-refractivity contribution >= 4 is 16.0 Å². The summed E-state index contributed by atoms with van der Waals surface area (Å²) in [5.41, 5.74) is -5.40. The van der Waals surface area contributed by atoms with Gasteiger partial charge in [0.25, 0.3) is 0 Å². The molecule has 0 N–H and O–H groups in total. The Labute approximate surface area is 103 Å². The van der Waals surface area contributed by atoms with Crippen molar-refractivity contribution < 1.29 is 31.1 Å². The summed E-state index contributed by atoms with van der Waals surface area (Å²) in [5.74, 6) is -1.00. The van der Waals surface area contributed by atoms with E-state index in [1.165, 1.54) is 0 Å². The van der Waals surface area contributed by atoms with E-state index >= 15 is 0 Å². The van der Waals surface area contributed by atoms with E-state index in [9.17, 15) is 26.4 Å². The Morgan fingerprint density at radius 1 is 1.33 bits per heavy atom. The third kappa shape index (κ3) is 3.14. The molecule has 0 aromatic carbocycles. The maximum Gasteiger partial charge on any atom is 0.511 e. The van der Waals surface area contributed by atoms with Crippen LogP contribution in [-0.4, -0.2) is 43.9 Å². The molecule has 1 aliphatic carbocycles. The lowest BCUT2D eigenvalue weighted by Gasteiger charge is -2.27. The fourth-order valence-corrected chi connectivity index (χ4v) is 3.07. The Morgan fingerprint density at radius 3 is 2.22 bits per heavy atom. The zero-order valence-corrected chi connectivity index (χ0v) is 10.6. The molecule has 0 bridgehead atoms. The van der Waals surface area contributed by atoms with Gasteiger partial charge in [-0.25, -0.2) is 8.42 Å². The predicted molar refractivity (Wildman–Crippen MR) is 56.0 cm³/mol. The van der Waals surface area contributed by atoms with Crippen LogP contribution in [0, 0.1) is 0 Å². The molecular formula is C9H14F3NO4S. The summed E-state index contributed by atoms with van der Waals surface area (Å²) in [6, 6.07) is -0.782. The number of hydrogen-bond donors (Lipinski definition) is 0. The number of ether oxygens (including phenoxy) is 1. The second-order valence-corrected chi connectivity index (χ2v) is 5.89. The molecule has 1 aliphatic rings. The van der Waals surface area contributed by atoms with Gasteiger partial charge >= 0.3 is 21.5 Å². The van der Waals surface area contributed by atoms with Crippen LogP contribution in [0.5, 0.6) is 0 Å². The van der Waals surface area contributed by atoms with Crippen LogP contribution in [0.3, 0.4) is 0 Å². The van der Waals surface area contributed by atoms with Crippen LogP contribution < -0.4 is 0 Å². The molecular weight excluding hydrogens is 275 g/mol. The van der Waals surface area contributed by atoms with E-state index in [0.29, 0.717) is 25.7 Å². The topological polar surface area (TPSA) is 63.7 Å². The molecule has 1 saturated carbocycles. The third-order valence-electron chi connectivity index (χ3n) is 2.85. The molecule has 0 amide bonds. The molecule has 9 heteroatoms. The summed E-state index contributed by atoms with van der Waals surface area (Å²) in [7, 11) is -4.50. The van der Waals surface area contributed by atoms with Gasteiger partial charge in [0.2, 0.25) is 0 Å². The highest BCUT2D eigenvalue weighted by atomic mass is 32.2. The average Bonchev–Trinajstić information content (AvgIpc) is 2.76. The number of alkyl halides is 3. The monoisotopic (exact) mass is 289 g/mol. The summed E-state index contributed by atoms with van der Waals surface area (Å²) in [5, 5.41) is 0. The van der Waals surface area contributed by atoms with Crippen LogP contribution in [0.15, 0.2) is 0 Å². The fourth-order valence-electron chi connectivity index (χ4n) is 1.93. The second-order valence-electron chi connectivity index (χ2n) is 4.01. The quantitative estimate of drug-likeness (QED) is 0.731. The van der Waals surface area contributed by atoms with Crippen molar-refractivity contribution in [1.29, 1.82) is 0 Å². The van der Waals surface area contributed by atoms with Crippen LogP contribution in [0.25, 0.3) is 0 Å². The van der Waals surface area contributed by atoms with Gasteiger partial charge in [-0.2, -0.15) is 17.5 Å². The van der Waals surface area contributed by atoms with Crippen LogP contribution >= 0.6 is 0 Å². The Hall–Kier alpha value is -0.830. The van der Waals surface area contributed by atoms with Gasteiger partial charge in [0.1, 0.15) is 6.54 Å². The lowest BCUT2D eigenvalue weighted by molar-refractivity contribution is -0.141. The number of hydrogen-bond acceptors (Lipinski definition) is 4. The SMILES string of the molecule is COC(=O)CN(C1CCCC1)S(=O)(=O)C(F)(F)F. The minimum Gasteiger partial charge on any atom is -0.468 e. The average molecular weight is 289 g/mol. The Morgan fingerprint density at radius 2 is 1.83 bits per heavy atom. The third-order valence-corrected chi connectivity index (χ3v) is 4.48. The minimum atomic E-state index is -5.49. The molecule has 0 radical (unpaired) electrons. The zero-order chi connectivity index (χ0) is 14.0. The van der Waals surface area contributed by atoms with Gasteiger partial charge in [0.05, 0.1) is 7.11 Å². The molecule has 0 aromatic rings. The van der Waals surface area contributed by atoms with Crippen molar-refractivity contribution in [2.24, 2.45) is 0 Å². The minimum absolute atomic E-state index is 0.214. The molecule has 1 rings (SSSR count). The van der Waals surface area contributed by atoms with Crippen molar-refractivity contribution in [3.8, 4) is 0 Å². The van der Waals surface area contributed by atoms with Crippen molar-refractivity contribution in [2.45, 2.75) is 37.2 Å².